The average molecular weight is 283 g/mol. The van der Waals surface area contributed by atoms with E-state index in [-0.39, 0.29) is 17.6 Å². The van der Waals surface area contributed by atoms with E-state index in [0.29, 0.717) is 12.8 Å². The van der Waals surface area contributed by atoms with Gasteiger partial charge >= 0.3 is 0 Å². The summed E-state index contributed by atoms with van der Waals surface area (Å²) in [6, 6.07) is 7.65. The van der Waals surface area contributed by atoms with E-state index in [2.05, 4.69) is 5.32 Å². The molecule has 1 aromatic rings. The molecule has 1 aliphatic heterocycles. The van der Waals surface area contributed by atoms with Crippen LogP contribution in [0.5, 0.6) is 5.75 Å². The van der Waals surface area contributed by atoms with Crippen molar-refractivity contribution in [1.29, 1.82) is 0 Å². The number of piperidine rings is 1. The number of hydrogen-bond donors (Lipinski definition) is 1. The second-order valence-electron chi connectivity index (χ2n) is 4.98. The van der Waals surface area contributed by atoms with E-state index in [1.807, 2.05) is 31.2 Å². The number of ether oxygens (including phenoxy) is 1. The van der Waals surface area contributed by atoms with Crippen molar-refractivity contribution in [2.75, 3.05) is 25.4 Å². The van der Waals surface area contributed by atoms with Crippen molar-refractivity contribution in [1.82, 2.24) is 5.32 Å². The van der Waals surface area contributed by atoms with Crippen LogP contribution in [0, 0.1) is 6.92 Å². The zero-order valence-electron chi connectivity index (χ0n) is 11.3. The van der Waals surface area contributed by atoms with E-state index < -0.39 is 9.84 Å². The van der Waals surface area contributed by atoms with Gasteiger partial charge in [-0.15, -0.1) is 0 Å². The van der Waals surface area contributed by atoms with E-state index in [4.69, 9.17) is 4.74 Å². The standard InChI is InChI=1S/C14H21NO3S/c1-12-2-4-13(5-3-12)18-10-11-19(16,17)14-6-8-15-9-7-14/h2-5,14-15H,6-11H2,1H3. The van der Waals surface area contributed by atoms with Crippen LogP contribution in [0.15, 0.2) is 24.3 Å². The molecule has 0 aliphatic carbocycles. The molecule has 4 nitrogen and oxygen atoms in total. The molecule has 1 aromatic carbocycles. The highest BCUT2D eigenvalue weighted by atomic mass is 32.2. The third-order valence-corrected chi connectivity index (χ3v) is 5.67. The Hall–Kier alpha value is -1.07. The molecule has 5 heteroatoms. The van der Waals surface area contributed by atoms with Gasteiger partial charge in [0.25, 0.3) is 0 Å². The quantitative estimate of drug-likeness (QED) is 0.890. The average Bonchev–Trinajstić information content (AvgIpc) is 2.42. The zero-order valence-corrected chi connectivity index (χ0v) is 12.1. The maximum Gasteiger partial charge on any atom is 0.156 e. The van der Waals surface area contributed by atoms with E-state index in [1.165, 1.54) is 0 Å². The van der Waals surface area contributed by atoms with Gasteiger partial charge in [0.05, 0.1) is 11.0 Å². The zero-order chi connectivity index (χ0) is 13.7. The number of rotatable bonds is 5. The van der Waals surface area contributed by atoms with Crippen LogP contribution in [0.1, 0.15) is 18.4 Å². The SMILES string of the molecule is Cc1ccc(OCCS(=O)(=O)C2CCNCC2)cc1. The largest absolute Gasteiger partial charge is 0.493 e. The van der Waals surface area contributed by atoms with Gasteiger partial charge in [0, 0.05) is 0 Å². The van der Waals surface area contributed by atoms with Crippen LogP contribution >= 0.6 is 0 Å². The molecular weight excluding hydrogens is 262 g/mol. The summed E-state index contributed by atoms with van der Waals surface area (Å²) in [6.07, 6.45) is 1.43. The van der Waals surface area contributed by atoms with Crippen LogP contribution in [0.4, 0.5) is 0 Å². The predicted octanol–water partition coefficient (Wildman–Crippen LogP) is 1.54. The van der Waals surface area contributed by atoms with Gasteiger partial charge in [0.2, 0.25) is 0 Å². The summed E-state index contributed by atoms with van der Waals surface area (Å²) >= 11 is 0. The van der Waals surface area contributed by atoms with Crippen LogP contribution in [0.3, 0.4) is 0 Å². The van der Waals surface area contributed by atoms with Crippen molar-refractivity contribution in [3.8, 4) is 5.75 Å². The summed E-state index contributed by atoms with van der Waals surface area (Å²) in [7, 11) is -3.03. The lowest BCUT2D eigenvalue weighted by Gasteiger charge is -2.22. The molecule has 1 heterocycles. The Morgan fingerprint density at radius 3 is 2.47 bits per heavy atom. The van der Waals surface area contributed by atoms with Gasteiger partial charge in [0.1, 0.15) is 12.4 Å². The van der Waals surface area contributed by atoms with Gasteiger partial charge < -0.3 is 10.1 Å². The summed E-state index contributed by atoms with van der Waals surface area (Å²) in [6.45, 7) is 3.83. The first-order valence-electron chi connectivity index (χ1n) is 6.70. The topological polar surface area (TPSA) is 55.4 Å². The molecule has 0 aromatic heterocycles. The fourth-order valence-electron chi connectivity index (χ4n) is 2.23. The van der Waals surface area contributed by atoms with Gasteiger partial charge in [-0.25, -0.2) is 8.42 Å². The Bertz CT molecular complexity index is 490. The lowest BCUT2D eigenvalue weighted by Crippen LogP contribution is -2.37. The Morgan fingerprint density at radius 1 is 1.21 bits per heavy atom. The third-order valence-electron chi connectivity index (χ3n) is 3.45. The normalized spacial score (nSPS) is 17.3. The highest BCUT2D eigenvalue weighted by Gasteiger charge is 2.26. The summed E-state index contributed by atoms with van der Waals surface area (Å²) < 4.78 is 29.7. The molecule has 0 saturated carbocycles. The van der Waals surface area contributed by atoms with E-state index >= 15 is 0 Å². The molecule has 106 valence electrons. The third kappa shape index (κ3) is 4.21. The highest BCUT2D eigenvalue weighted by Crippen LogP contribution is 2.15. The van der Waals surface area contributed by atoms with E-state index in [0.717, 1.165) is 24.4 Å². The molecule has 1 aliphatic rings. The number of benzene rings is 1. The first kappa shape index (κ1) is 14.3. The molecule has 0 unspecified atom stereocenters. The summed E-state index contributed by atoms with van der Waals surface area (Å²) in [5, 5.41) is 2.98. The molecular formula is C14H21NO3S. The summed E-state index contributed by atoms with van der Waals surface area (Å²) in [5.41, 5.74) is 1.16. The van der Waals surface area contributed by atoms with Crippen molar-refractivity contribution < 1.29 is 13.2 Å². The second-order valence-corrected chi connectivity index (χ2v) is 7.38. The summed E-state index contributed by atoms with van der Waals surface area (Å²) in [4.78, 5) is 0. The molecule has 1 N–H and O–H groups in total. The molecule has 0 spiro atoms. The molecule has 0 atom stereocenters. The fourth-order valence-corrected chi connectivity index (χ4v) is 3.83. The second kappa shape index (κ2) is 6.39. The molecule has 2 rings (SSSR count). The maximum atomic E-state index is 12.1. The fraction of sp³-hybridized carbons (Fsp3) is 0.571. The summed E-state index contributed by atoms with van der Waals surface area (Å²) in [5.74, 6) is 0.831. The Balaban J connectivity index is 1.82. The molecule has 0 amide bonds. The van der Waals surface area contributed by atoms with Crippen LogP contribution in [0.25, 0.3) is 0 Å². The van der Waals surface area contributed by atoms with Gasteiger partial charge in [-0.05, 0) is 45.0 Å². The van der Waals surface area contributed by atoms with Crippen molar-refractivity contribution in [2.24, 2.45) is 0 Å². The molecule has 19 heavy (non-hydrogen) atoms. The van der Waals surface area contributed by atoms with Gasteiger partial charge in [-0.2, -0.15) is 0 Å². The Kier molecular flexibility index (Phi) is 4.82. The minimum absolute atomic E-state index is 0.103. The van der Waals surface area contributed by atoms with Gasteiger partial charge in [-0.3, -0.25) is 0 Å². The van der Waals surface area contributed by atoms with Crippen molar-refractivity contribution in [3.63, 3.8) is 0 Å². The molecule has 1 fully saturated rings. The van der Waals surface area contributed by atoms with E-state index in [1.54, 1.807) is 0 Å². The van der Waals surface area contributed by atoms with Gasteiger partial charge in [-0.1, -0.05) is 17.7 Å². The number of sulfone groups is 1. The van der Waals surface area contributed by atoms with Gasteiger partial charge in [0.15, 0.2) is 9.84 Å². The number of nitrogens with one attached hydrogen (secondary N) is 1. The van der Waals surface area contributed by atoms with Crippen molar-refractivity contribution in [2.45, 2.75) is 25.0 Å². The number of aryl methyl sites for hydroxylation is 1. The minimum atomic E-state index is -3.03. The first-order valence-corrected chi connectivity index (χ1v) is 8.41. The predicted molar refractivity (Wildman–Crippen MR) is 76.4 cm³/mol. The van der Waals surface area contributed by atoms with Crippen LogP contribution in [-0.2, 0) is 9.84 Å². The van der Waals surface area contributed by atoms with Crippen LogP contribution in [0.2, 0.25) is 0 Å². The molecule has 0 radical (unpaired) electrons. The molecule has 0 bridgehead atoms. The highest BCUT2D eigenvalue weighted by molar-refractivity contribution is 7.92. The lowest BCUT2D eigenvalue weighted by atomic mass is 10.2. The number of hydrogen-bond acceptors (Lipinski definition) is 4. The Labute approximate surface area is 115 Å². The minimum Gasteiger partial charge on any atom is -0.493 e. The van der Waals surface area contributed by atoms with Crippen LogP contribution < -0.4 is 10.1 Å². The van der Waals surface area contributed by atoms with Crippen molar-refractivity contribution in [3.05, 3.63) is 29.8 Å². The molecule has 1 saturated heterocycles. The van der Waals surface area contributed by atoms with Crippen molar-refractivity contribution >= 4 is 9.84 Å². The first-order chi connectivity index (χ1) is 9.08. The monoisotopic (exact) mass is 283 g/mol. The lowest BCUT2D eigenvalue weighted by molar-refractivity contribution is 0.339. The smallest absolute Gasteiger partial charge is 0.156 e. The Morgan fingerprint density at radius 2 is 1.84 bits per heavy atom. The maximum absolute atomic E-state index is 12.1. The van der Waals surface area contributed by atoms with Crippen LogP contribution in [-0.4, -0.2) is 39.1 Å². The van der Waals surface area contributed by atoms with E-state index in [9.17, 15) is 8.42 Å².